The van der Waals surface area contributed by atoms with E-state index in [2.05, 4.69) is 5.32 Å². The molecule has 0 atom stereocenters. The zero-order chi connectivity index (χ0) is 11.3. The van der Waals surface area contributed by atoms with E-state index < -0.39 is 11.8 Å². The average molecular weight is 235 g/mol. The number of hydrogen-bond donors (Lipinski definition) is 2. The maximum atomic E-state index is 12.8. The third-order valence-corrected chi connectivity index (χ3v) is 2.06. The molecule has 0 saturated carbocycles. The summed E-state index contributed by atoms with van der Waals surface area (Å²) in [5.74, 6) is -1.65. The number of hydrogen-bond acceptors (Lipinski definition) is 3. The molecule has 3 N–H and O–H groups in total. The van der Waals surface area contributed by atoms with Crippen molar-refractivity contribution in [3.63, 3.8) is 0 Å². The number of carboxylic acid groups (broad SMARTS) is 1. The van der Waals surface area contributed by atoms with Crippen LogP contribution in [0.1, 0.15) is 30.1 Å². The minimum Gasteiger partial charge on any atom is -0.870 e. The summed E-state index contributed by atoms with van der Waals surface area (Å²) >= 11 is 0. The van der Waals surface area contributed by atoms with Crippen molar-refractivity contribution < 1.29 is 38.6 Å². The Labute approximate surface area is 112 Å². The quantitative estimate of drug-likeness (QED) is 0.535. The molecule has 1 aromatic carbocycles. The normalized spacial score (nSPS) is 8.82. The maximum absolute atomic E-state index is 12.8. The van der Waals surface area contributed by atoms with E-state index in [0.717, 1.165) is 18.9 Å². The van der Waals surface area contributed by atoms with Crippen LogP contribution in [0.2, 0.25) is 0 Å². The van der Waals surface area contributed by atoms with E-state index in [9.17, 15) is 9.18 Å². The molecule has 0 unspecified atom stereocenters. The predicted molar refractivity (Wildman–Crippen MR) is 58.7 cm³/mol. The van der Waals surface area contributed by atoms with E-state index in [1.165, 1.54) is 12.1 Å². The minimum atomic E-state index is -1.12. The van der Waals surface area contributed by atoms with Gasteiger partial charge in [0.05, 0.1) is 5.56 Å². The zero-order valence-corrected chi connectivity index (χ0v) is 10.0. The molecule has 0 heterocycles. The third-order valence-electron chi connectivity index (χ3n) is 2.06. The third kappa shape index (κ3) is 5.73. The number of rotatable bonds is 5. The van der Waals surface area contributed by atoms with Gasteiger partial charge in [0.1, 0.15) is 5.82 Å². The largest absolute Gasteiger partial charge is 1.00 e. The smallest absolute Gasteiger partial charge is 0.870 e. The molecule has 90 valence electrons. The van der Waals surface area contributed by atoms with Gasteiger partial charge in [-0.15, -0.1) is 0 Å². The Balaban J connectivity index is 0. The SMILES string of the molecule is CCCCNc1ccc(F)cc1C(=O)O.[Li+].[OH-]. The summed E-state index contributed by atoms with van der Waals surface area (Å²) in [6.45, 7) is 2.74. The Morgan fingerprint density at radius 2 is 2.12 bits per heavy atom. The summed E-state index contributed by atoms with van der Waals surface area (Å²) in [7, 11) is 0. The van der Waals surface area contributed by atoms with Crippen LogP contribution in [0.25, 0.3) is 0 Å². The van der Waals surface area contributed by atoms with Crippen LogP contribution in [0.4, 0.5) is 10.1 Å². The molecule has 0 saturated heterocycles. The number of aromatic carboxylic acids is 1. The standard InChI is InChI=1S/C11H14FNO2.Li.H2O/c1-2-3-6-13-10-5-4-8(12)7-9(10)11(14)15;;/h4-5,7,13H,2-3,6H2,1H3,(H,14,15);;1H2/q;+1;/p-1. The fourth-order valence-electron chi connectivity index (χ4n) is 1.25. The number of carbonyl (C=O) groups is 1. The number of halogens is 1. The first-order chi connectivity index (χ1) is 7.15. The predicted octanol–water partition coefficient (Wildman–Crippen LogP) is -0.437. The summed E-state index contributed by atoms with van der Waals surface area (Å²) in [6, 6.07) is 3.73. The first-order valence-electron chi connectivity index (χ1n) is 4.92. The van der Waals surface area contributed by atoms with Gasteiger partial charge in [0.2, 0.25) is 0 Å². The van der Waals surface area contributed by atoms with Crippen molar-refractivity contribution in [3.8, 4) is 0 Å². The summed E-state index contributed by atoms with van der Waals surface area (Å²) in [4.78, 5) is 10.8. The van der Waals surface area contributed by atoms with E-state index in [1.54, 1.807) is 0 Å². The maximum Gasteiger partial charge on any atom is 1.00 e. The monoisotopic (exact) mass is 235 g/mol. The van der Waals surface area contributed by atoms with Crippen LogP contribution in [0.15, 0.2) is 18.2 Å². The fourth-order valence-corrected chi connectivity index (χ4v) is 1.25. The van der Waals surface area contributed by atoms with E-state index in [4.69, 9.17) is 5.11 Å². The average Bonchev–Trinajstić information content (AvgIpc) is 2.20. The number of anilines is 1. The van der Waals surface area contributed by atoms with Gasteiger partial charge in [-0.25, -0.2) is 9.18 Å². The van der Waals surface area contributed by atoms with Crippen molar-refractivity contribution in [3.05, 3.63) is 29.6 Å². The second kappa shape index (κ2) is 9.05. The van der Waals surface area contributed by atoms with Gasteiger partial charge in [-0.2, -0.15) is 0 Å². The van der Waals surface area contributed by atoms with Crippen molar-refractivity contribution in [2.45, 2.75) is 19.8 Å². The molecule has 0 fully saturated rings. The molecule has 17 heavy (non-hydrogen) atoms. The fraction of sp³-hybridized carbons (Fsp3) is 0.364. The molecule has 1 aromatic rings. The first kappa shape index (κ1) is 18.3. The molecule has 0 aliphatic heterocycles. The van der Waals surface area contributed by atoms with Crippen LogP contribution in [0, 0.1) is 5.82 Å². The van der Waals surface area contributed by atoms with Gasteiger partial charge >= 0.3 is 24.8 Å². The van der Waals surface area contributed by atoms with Gasteiger partial charge in [0.25, 0.3) is 0 Å². The zero-order valence-electron chi connectivity index (χ0n) is 10.0. The minimum absolute atomic E-state index is 0. The van der Waals surface area contributed by atoms with E-state index in [0.29, 0.717) is 12.2 Å². The van der Waals surface area contributed by atoms with E-state index in [-0.39, 0.29) is 29.9 Å². The molecule has 0 amide bonds. The van der Waals surface area contributed by atoms with Gasteiger partial charge < -0.3 is 15.9 Å². The molecule has 0 spiro atoms. The molecule has 6 heteroatoms. The molecule has 1 rings (SSSR count). The van der Waals surface area contributed by atoms with Crippen molar-refractivity contribution in [1.29, 1.82) is 0 Å². The molecule has 0 aliphatic carbocycles. The van der Waals surface area contributed by atoms with Crippen molar-refractivity contribution in [1.82, 2.24) is 0 Å². The van der Waals surface area contributed by atoms with Crippen LogP contribution >= 0.6 is 0 Å². The van der Waals surface area contributed by atoms with Gasteiger partial charge in [0, 0.05) is 12.2 Å². The van der Waals surface area contributed by atoms with Crippen LogP contribution in [0.5, 0.6) is 0 Å². The number of unbranched alkanes of at least 4 members (excludes halogenated alkanes) is 1. The van der Waals surface area contributed by atoms with Gasteiger partial charge in [-0.05, 0) is 24.6 Å². The van der Waals surface area contributed by atoms with Crippen molar-refractivity contribution in [2.75, 3.05) is 11.9 Å². The number of nitrogens with one attached hydrogen (secondary N) is 1. The molecule has 4 nitrogen and oxygen atoms in total. The molecule has 0 bridgehead atoms. The first-order valence-corrected chi connectivity index (χ1v) is 4.92. The summed E-state index contributed by atoms with van der Waals surface area (Å²) in [5, 5.41) is 11.8. The Morgan fingerprint density at radius 1 is 1.47 bits per heavy atom. The van der Waals surface area contributed by atoms with Gasteiger partial charge in [0.15, 0.2) is 0 Å². The van der Waals surface area contributed by atoms with Crippen molar-refractivity contribution >= 4 is 11.7 Å². The van der Waals surface area contributed by atoms with Crippen LogP contribution in [-0.2, 0) is 0 Å². The molecule has 0 aromatic heterocycles. The van der Waals surface area contributed by atoms with Gasteiger partial charge in [-0.1, -0.05) is 13.3 Å². The Morgan fingerprint density at radius 3 is 2.65 bits per heavy atom. The molecular formula is C11H15FLiNO3. The topological polar surface area (TPSA) is 79.3 Å². The summed E-state index contributed by atoms with van der Waals surface area (Å²) in [5.41, 5.74) is 0.448. The van der Waals surface area contributed by atoms with Gasteiger partial charge in [-0.3, -0.25) is 0 Å². The summed E-state index contributed by atoms with van der Waals surface area (Å²) in [6.07, 6.45) is 1.98. The Bertz CT molecular complexity index is 361. The number of benzene rings is 1. The second-order valence-corrected chi connectivity index (χ2v) is 3.28. The second-order valence-electron chi connectivity index (χ2n) is 3.28. The van der Waals surface area contributed by atoms with Crippen LogP contribution in [0.3, 0.4) is 0 Å². The van der Waals surface area contributed by atoms with Crippen molar-refractivity contribution in [2.24, 2.45) is 0 Å². The van der Waals surface area contributed by atoms with E-state index in [1.807, 2.05) is 6.92 Å². The van der Waals surface area contributed by atoms with E-state index >= 15 is 0 Å². The number of carboxylic acids is 1. The molecule has 0 aliphatic rings. The molecule has 0 radical (unpaired) electrons. The van der Waals surface area contributed by atoms with Crippen LogP contribution < -0.4 is 24.2 Å². The van der Waals surface area contributed by atoms with Crippen LogP contribution in [-0.4, -0.2) is 23.1 Å². The Kier molecular flexibility index (Phi) is 9.77. The molecular weight excluding hydrogens is 220 g/mol. The summed E-state index contributed by atoms with van der Waals surface area (Å²) < 4.78 is 12.8. The Hall–Kier alpha value is -1.02.